The molecule has 6 heteroatoms. The van der Waals surface area contributed by atoms with Gasteiger partial charge in [0.05, 0.1) is 14.2 Å². The normalized spacial score (nSPS) is 10.2. The van der Waals surface area contributed by atoms with Gasteiger partial charge in [0.1, 0.15) is 11.5 Å². The number of ether oxygens (including phenoxy) is 2. The molecule has 0 radical (unpaired) electrons. The van der Waals surface area contributed by atoms with E-state index in [1.807, 2.05) is 30.3 Å². The van der Waals surface area contributed by atoms with E-state index in [4.69, 9.17) is 9.47 Å². The summed E-state index contributed by atoms with van der Waals surface area (Å²) < 4.78 is 10.5. The lowest BCUT2D eigenvalue weighted by molar-refractivity contribution is -0.121. The first kappa shape index (κ1) is 17.7. The maximum Gasteiger partial charge on any atom is 0.221 e. The third kappa shape index (κ3) is 5.89. The Balaban J connectivity index is 1.69. The Morgan fingerprint density at radius 3 is 2.46 bits per heavy atom. The van der Waals surface area contributed by atoms with Crippen LogP contribution in [0.25, 0.3) is 0 Å². The van der Waals surface area contributed by atoms with Crippen molar-refractivity contribution < 1.29 is 14.3 Å². The maximum absolute atomic E-state index is 11.8. The van der Waals surface area contributed by atoms with Crippen LogP contribution in [0.1, 0.15) is 17.5 Å². The van der Waals surface area contributed by atoms with Gasteiger partial charge in [-0.15, -0.1) is 0 Å². The first-order valence-corrected chi connectivity index (χ1v) is 7.79. The van der Waals surface area contributed by atoms with Crippen molar-refractivity contribution in [3.8, 4) is 11.5 Å². The second-order valence-corrected chi connectivity index (χ2v) is 5.29. The zero-order valence-electron chi connectivity index (χ0n) is 14.0. The molecule has 24 heavy (non-hydrogen) atoms. The molecule has 0 fully saturated rings. The van der Waals surface area contributed by atoms with E-state index in [2.05, 4.69) is 15.6 Å². The molecule has 2 N–H and O–H groups in total. The van der Waals surface area contributed by atoms with Crippen LogP contribution in [0.15, 0.2) is 42.7 Å². The summed E-state index contributed by atoms with van der Waals surface area (Å²) in [6.07, 6.45) is 3.87. The molecule has 0 aliphatic heterocycles. The number of benzene rings is 1. The number of aromatic nitrogens is 1. The number of carbonyl (C=O) groups excluding carboxylic acids is 1. The van der Waals surface area contributed by atoms with Gasteiger partial charge in [0.2, 0.25) is 5.91 Å². The van der Waals surface area contributed by atoms with Crippen molar-refractivity contribution in [2.24, 2.45) is 0 Å². The van der Waals surface area contributed by atoms with Crippen LogP contribution in [-0.4, -0.2) is 31.7 Å². The zero-order valence-corrected chi connectivity index (χ0v) is 14.0. The SMILES string of the molecule is COc1cc(CNCCC(=O)NCc2cccnc2)cc(OC)c1. The van der Waals surface area contributed by atoms with Crippen LogP contribution < -0.4 is 20.1 Å². The number of carbonyl (C=O) groups is 1. The molecule has 1 heterocycles. The molecule has 0 spiro atoms. The molecule has 0 aliphatic rings. The highest BCUT2D eigenvalue weighted by Crippen LogP contribution is 2.22. The lowest BCUT2D eigenvalue weighted by Crippen LogP contribution is -2.27. The van der Waals surface area contributed by atoms with E-state index in [1.54, 1.807) is 26.6 Å². The maximum atomic E-state index is 11.8. The van der Waals surface area contributed by atoms with Crippen LogP contribution in [0.4, 0.5) is 0 Å². The lowest BCUT2D eigenvalue weighted by Gasteiger charge is -2.10. The third-order valence-electron chi connectivity index (χ3n) is 3.48. The summed E-state index contributed by atoms with van der Waals surface area (Å²) in [6, 6.07) is 9.50. The number of nitrogens with zero attached hydrogens (tertiary/aromatic N) is 1. The quantitative estimate of drug-likeness (QED) is 0.688. The molecule has 0 saturated carbocycles. The summed E-state index contributed by atoms with van der Waals surface area (Å²) in [4.78, 5) is 15.8. The van der Waals surface area contributed by atoms with Gasteiger partial charge < -0.3 is 20.1 Å². The van der Waals surface area contributed by atoms with Crippen molar-refractivity contribution in [3.05, 3.63) is 53.9 Å². The fourth-order valence-electron chi connectivity index (χ4n) is 2.19. The summed E-state index contributed by atoms with van der Waals surface area (Å²) in [7, 11) is 3.25. The fraction of sp³-hybridized carbons (Fsp3) is 0.333. The number of hydrogen-bond donors (Lipinski definition) is 2. The number of methoxy groups -OCH3 is 2. The highest BCUT2D eigenvalue weighted by molar-refractivity contribution is 5.76. The van der Waals surface area contributed by atoms with Crippen molar-refractivity contribution in [3.63, 3.8) is 0 Å². The van der Waals surface area contributed by atoms with Crippen molar-refractivity contribution in [1.82, 2.24) is 15.6 Å². The average molecular weight is 329 g/mol. The van der Waals surface area contributed by atoms with Gasteiger partial charge in [-0.25, -0.2) is 0 Å². The molecule has 1 amide bonds. The van der Waals surface area contributed by atoms with Crippen LogP contribution in [0, 0.1) is 0 Å². The molecule has 0 saturated heterocycles. The van der Waals surface area contributed by atoms with E-state index in [0.29, 0.717) is 26.1 Å². The minimum absolute atomic E-state index is 0.00887. The molecular formula is C18H23N3O3. The van der Waals surface area contributed by atoms with Gasteiger partial charge in [-0.1, -0.05) is 6.07 Å². The van der Waals surface area contributed by atoms with Crippen LogP contribution in [0.5, 0.6) is 11.5 Å². The topological polar surface area (TPSA) is 72.5 Å². The molecule has 1 aromatic carbocycles. The standard InChI is InChI=1S/C18H23N3O3/c1-23-16-8-15(9-17(10-16)24-2)12-20-7-5-18(22)21-13-14-4-3-6-19-11-14/h3-4,6,8-11,20H,5,7,12-13H2,1-2H3,(H,21,22). The molecule has 6 nitrogen and oxygen atoms in total. The zero-order chi connectivity index (χ0) is 17.2. The van der Waals surface area contributed by atoms with Gasteiger partial charge >= 0.3 is 0 Å². The van der Waals surface area contributed by atoms with Crippen molar-refractivity contribution >= 4 is 5.91 Å². The second kappa shape index (κ2) is 9.52. The molecule has 128 valence electrons. The number of nitrogens with one attached hydrogen (secondary N) is 2. The predicted molar refractivity (Wildman–Crippen MR) is 92.0 cm³/mol. The molecule has 2 rings (SSSR count). The smallest absolute Gasteiger partial charge is 0.221 e. The average Bonchev–Trinajstić information content (AvgIpc) is 2.64. The van der Waals surface area contributed by atoms with Crippen LogP contribution in [-0.2, 0) is 17.9 Å². The van der Waals surface area contributed by atoms with E-state index >= 15 is 0 Å². The molecule has 0 atom stereocenters. The monoisotopic (exact) mass is 329 g/mol. The summed E-state index contributed by atoms with van der Waals surface area (Å²) in [6.45, 7) is 1.74. The molecule has 0 aliphatic carbocycles. The van der Waals surface area contributed by atoms with Crippen LogP contribution in [0.3, 0.4) is 0 Å². The van der Waals surface area contributed by atoms with Gasteiger partial charge in [-0.2, -0.15) is 0 Å². The van der Waals surface area contributed by atoms with Crippen molar-refractivity contribution in [2.75, 3.05) is 20.8 Å². The Kier molecular flexibility index (Phi) is 7.04. The summed E-state index contributed by atoms with van der Waals surface area (Å²) in [5.41, 5.74) is 2.03. The van der Waals surface area contributed by atoms with Crippen LogP contribution in [0.2, 0.25) is 0 Å². The highest BCUT2D eigenvalue weighted by Gasteiger charge is 2.04. The largest absolute Gasteiger partial charge is 0.497 e. The Labute approximate surface area is 142 Å². The number of amides is 1. The summed E-state index contributed by atoms with van der Waals surface area (Å²) in [5, 5.41) is 6.12. The Bertz CT molecular complexity index is 625. The first-order valence-electron chi connectivity index (χ1n) is 7.79. The van der Waals surface area contributed by atoms with E-state index in [9.17, 15) is 4.79 Å². The molecule has 0 unspecified atom stereocenters. The Morgan fingerprint density at radius 1 is 1.08 bits per heavy atom. The van der Waals surface area contributed by atoms with Crippen molar-refractivity contribution in [1.29, 1.82) is 0 Å². The van der Waals surface area contributed by atoms with Gasteiger partial charge in [0, 0.05) is 44.5 Å². The van der Waals surface area contributed by atoms with Gasteiger partial charge in [-0.3, -0.25) is 9.78 Å². The number of pyridine rings is 1. The number of hydrogen-bond acceptors (Lipinski definition) is 5. The third-order valence-corrected chi connectivity index (χ3v) is 3.48. The lowest BCUT2D eigenvalue weighted by atomic mass is 10.2. The Hall–Kier alpha value is -2.60. The molecular weight excluding hydrogens is 306 g/mol. The molecule has 0 bridgehead atoms. The van der Waals surface area contributed by atoms with E-state index in [0.717, 1.165) is 22.6 Å². The second-order valence-electron chi connectivity index (χ2n) is 5.29. The summed E-state index contributed by atoms with van der Waals surface area (Å²) in [5.74, 6) is 1.51. The van der Waals surface area contributed by atoms with E-state index < -0.39 is 0 Å². The molecule has 1 aromatic heterocycles. The Morgan fingerprint density at radius 2 is 1.83 bits per heavy atom. The predicted octanol–water partition coefficient (Wildman–Crippen LogP) is 1.89. The van der Waals surface area contributed by atoms with E-state index in [1.165, 1.54) is 0 Å². The van der Waals surface area contributed by atoms with Gasteiger partial charge in [0.25, 0.3) is 0 Å². The van der Waals surface area contributed by atoms with Gasteiger partial charge in [-0.05, 0) is 29.3 Å². The first-order chi connectivity index (χ1) is 11.7. The van der Waals surface area contributed by atoms with Gasteiger partial charge in [0.15, 0.2) is 0 Å². The molecule has 2 aromatic rings. The number of rotatable bonds is 9. The highest BCUT2D eigenvalue weighted by atomic mass is 16.5. The minimum atomic E-state index is 0.00887. The summed E-state index contributed by atoms with van der Waals surface area (Å²) >= 11 is 0. The fourth-order valence-corrected chi connectivity index (χ4v) is 2.19. The minimum Gasteiger partial charge on any atom is -0.497 e. The van der Waals surface area contributed by atoms with Crippen molar-refractivity contribution in [2.45, 2.75) is 19.5 Å². The van der Waals surface area contributed by atoms with E-state index in [-0.39, 0.29) is 5.91 Å². The van der Waals surface area contributed by atoms with Crippen LogP contribution >= 0.6 is 0 Å².